The normalized spacial score (nSPS) is 10.4. The quantitative estimate of drug-likeness (QED) is 0.406. The Kier molecular flexibility index (Phi) is 6.76. The second-order valence-electron chi connectivity index (χ2n) is 6.79. The first kappa shape index (κ1) is 21.7. The van der Waals surface area contributed by atoms with Crippen molar-refractivity contribution < 1.29 is 9.72 Å². The Hall–Kier alpha value is -4.01. The monoisotopic (exact) mass is 420 g/mol. The van der Waals surface area contributed by atoms with Crippen molar-refractivity contribution in [3.05, 3.63) is 76.1 Å². The number of nitro benzene ring substituents is 1. The largest absolute Gasteiger partial charge is 0.357 e. The van der Waals surface area contributed by atoms with E-state index in [2.05, 4.69) is 39.3 Å². The highest BCUT2D eigenvalue weighted by molar-refractivity contribution is 6.04. The molecule has 0 bridgehead atoms. The van der Waals surface area contributed by atoms with Gasteiger partial charge >= 0.3 is 0 Å². The van der Waals surface area contributed by atoms with Crippen molar-refractivity contribution in [1.82, 2.24) is 9.97 Å². The maximum absolute atomic E-state index is 12.4. The molecule has 0 aliphatic rings. The van der Waals surface area contributed by atoms with Crippen molar-refractivity contribution in [2.45, 2.75) is 20.8 Å². The number of amides is 1. The molecule has 0 aliphatic heterocycles. The molecule has 2 N–H and O–H groups in total. The average Bonchev–Trinajstić information content (AvgIpc) is 2.75. The topological polar surface area (TPSA) is 113 Å². The number of benzene rings is 2. The van der Waals surface area contributed by atoms with Crippen molar-refractivity contribution in [3.8, 4) is 0 Å². The van der Waals surface area contributed by atoms with Crippen molar-refractivity contribution in [2.24, 2.45) is 0 Å². The standard InChI is InChI=1S/C22H24N6O3/c1-4-27(5-2)21-14-20(23-15(3)24-21)25-17-9-11-18(12-10-17)26-22(29)16-7-6-8-19(13-16)28(30)31/h6-14H,4-5H2,1-3H3,(H,26,29)(H,23,24,25). The Morgan fingerprint density at radius 1 is 1.03 bits per heavy atom. The van der Waals surface area contributed by atoms with Crippen LogP contribution in [0.2, 0.25) is 0 Å². The predicted octanol–water partition coefficient (Wildman–Crippen LogP) is 4.54. The summed E-state index contributed by atoms with van der Waals surface area (Å²) in [6, 6.07) is 14.6. The smallest absolute Gasteiger partial charge is 0.270 e. The number of nitrogens with zero attached hydrogens (tertiary/aromatic N) is 4. The summed E-state index contributed by atoms with van der Waals surface area (Å²) in [6.45, 7) is 7.71. The molecule has 0 atom stereocenters. The lowest BCUT2D eigenvalue weighted by molar-refractivity contribution is -0.384. The van der Waals surface area contributed by atoms with E-state index >= 15 is 0 Å². The van der Waals surface area contributed by atoms with Crippen LogP contribution in [0.3, 0.4) is 0 Å². The van der Waals surface area contributed by atoms with Gasteiger partial charge < -0.3 is 15.5 Å². The van der Waals surface area contributed by atoms with Crippen LogP contribution in [0.5, 0.6) is 0 Å². The summed E-state index contributed by atoms with van der Waals surface area (Å²) in [4.78, 5) is 33.8. The van der Waals surface area contributed by atoms with Crippen LogP contribution < -0.4 is 15.5 Å². The highest BCUT2D eigenvalue weighted by atomic mass is 16.6. The molecule has 0 spiro atoms. The first-order valence-electron chi connectivity index (χ1n) is 9.93. The van der Waals surface area contributed by atoms with Gasteiger partial charge in [-0.3, -0.25) is 14.9 Å². The third kappa shape index (κ3) is 5.53. The van der Waals surface area contributed by atoms with E-state index in [9.17, 15) is 14.9 Å². The van der Waals surface area contributed by atoms with Crippen molar-refractivity contribution >= 4 is 34.6 Å². The molecule has 31 heavy (non-hydrogen) atoms. The fourth-order valence-corrected chi connectivity index (χ4v) is 3.07. The molecule has 2 aromatic carbocycles. The molecular weight excluding hydrogens is 396 g/mol. The lowest BCUT2D eigenvalue weighted by Crippen LogP contribution is -2.23. The molecule has 0 unspecified atom stereocenters. The average molecular weight is 420 g/mol. The Bertz CT molecular complexity index is 1080. The number of aryl methyl sites for hydroxylation is 1. The number of nitrogens with one attached hydrogen (secondary N) is 2. The van der Waals surface area contributed by atoms with Crippen LogP contribution in [0.25, 0.3) is 0 Å². The van der Waals surface area contributed by atoms with Gasteiger partial charge in [0.1, 0.15) is 17.5 Å². The Morgan fingerprint density at radius 3 is 2.35 bits per heavy atom. The van der Waals surface area contributed by atoms with Crippen LogP contribution in [0.15, 0.2) is 54.6 Å². The second kappa shape index (κ2) is 9.66. The van der Waals surface area contributed by atoms with Gasteiger partial charge in [0.05, 0.1) is 4.92 Å². The van der Waals surface area contributed by atoms with Gasteiger partial charge in [0, 0.05) is 48.2 Å². The van der Waals surface area contributed by atoms with Gasteiger partial charge in [0.25, 0.3) is 11.6 Å². The van der Waals surface area contributed by atoms with Crippen molar-refractivity contribution in [3.63, 3.8) is 0 Å². The van der Waals surface area contributed by atoms with Gasteiger partial charge in [0.2, 0.25) is 0 Å². The number of non-ortho nitro benzene ring substituents is 1. The number of carbonyl (C=O) groups is 1. The number of nitro groups is 1. The SMILES string of the molecule is CCN(CC)c1cc(Nc2ccc(NC(=O)c3cccc([N+](=O)[O-])c3)cc2)nc(C)n1. The minimum Gasteiger partial charge on any atom is -0.357 e. The Labute approximate surface area is 180 Å². The van der Waals surface area contributed by atoms with E-state index in [1.54, 1.807) is 12.1 Å². The van der Waals surface area contributed by atoms with Crippen molar-refractivity contribution in [1.29, 1.82) is 0 Å². The molecule has 1 heterocycles. The zero-order valence-corrected chi connectivity index (χ0v) is 17.6. The molecule has 0 saturated heterocycles. The Morgan fingerprint density at radius 2 is 1.71 bits per heavy atom. The molecule has 0 radical (unpaired) electrons. The number of hydrogen-bond acceptors (Lipinski definition) is 7. The van der Waals surface area contributed by atoms with Crippen LogP contribution >= 0.6 is 0 Å². The van der Waals surface area contributed by atoms with Gasteiger partial charge in [0.15, 0.2) is 0 Å². The lowest BCUT2D eigenvalue weighted by atomic mass is 10.2. The summed E-state index contributed by atoms with van der Waals surface area (Å²) in [5, 5.41) is 16.9. The van der Waals surface area contributed by atoms with Crippen LogP contribution in [-0.2, 0) is 0 Å². The number of rotatable bonds is 8. The molecule has 3 aromatic rings. The molecular formula is C22H24N6O3. The Balaban J connectivity index is 1.70. The van der Waals surface area contributed by atoms with Crippen LogP contribution in [0.1, 0.15) is 30.0 Å². The maximum atomic E-state index is 12.4. The third-order valence-corrected chi connectivity index (χ3v) is 4.65. The molecule has 160 valence electrons. The van der Waals surface area contributed by atoms with Gasteiger partial charge in [-0.25, -0.2) is 9.97 Å². The van der Waals surface area contributed by atoms with Crippen LogP contribution in [-0.4, -0.2) is 33.9 Å². The highest BCUT2D eigenvalue weighted by Gasteiger charge is 2.12. The van der Waals surface area contributed by atoms with Gasteiger partial charge in [-0.1, -0.05) is 6.07 Å². The number of anilines is 4. The van der Waals surface area contributed by atoms with Gasteiger partial charge in [-0.15, -0.1) is 0 Å². The minimum absolute atomic E-state index is 0.128. The summed E-state index contributed by atoms with van der Waals surface area (Å²) >= 11 is 0. The molecule has 0 aliphatic carbocycles. The number of hydrogen-bond donors (Lipinski definition) is 2. The van der Waals surface area contributed by atoms with E-state index in [1.807, 2.05) is 25.1 Å². The summed E-state index contributed by atoms with van der Waals surface area (Å²) < 4.78 is 0. The molecule has 0 saturated carbocycles. The van der Waals surface area contributed by atoms with E-state index in [4.69, 9.17) is 0 Å². The second-order valence-corrected chi connectivity index (χ2v) is 6.79. The zero-order chi connectivity index (χ0) is 22.4. The van der Waals surface area contributed by atoms with E-state index in [1.165, 1.54) is 24.3 Å². The molecule has 1 amide bonds. The predicted molar refractivity (Wildman–Crippen MR) is 121 cm³/mol. The molecule has 9 nitrogen and oxygen atoms in total. The van der Waals surface area contributed by atoms with Crippen LogP contribution in [0.4, 0.5) is 28.7 Å². The summed E-state index contributed by atoms with van der Waals surface area (Å²) in [5.74, 6) is 1.80. The maximum Gasteiger partial charge on any atom is 0.270 e. The van der Waals surface area contributed by atoms with Crippen molar-refractivity contribution in [2.75, 3.05) is 28.6 Å². The van der Waals surface area contributed by atoms with Crippen LogP contribution in [0, 0.1) is 17.0 Å². The molecule has 9 heteroatoms. The summed E-state index contributed by atoms with van der Waals surface area (Å²) in [7, 11) is 0. The molecule has 1 aromatic heterocycles. The minimum atomic E-state index is -0.530. The summed E-state index contributed by atoms with van der Waals surface area (Å²) in [6.07, 6.45) is 0. The van der Waals surface area contributed by atoms with E-state index in [-0.39, 0.29) is 11.3 Å². The van der Waals surface area contributed by atoms with Gasteiger partial charge in [-0.05, 0) is 51.1 Å². The van der Waals surface area contributed by atoms with E-state index in [0.29, 0.717) is 17.3 Å². The lowest BCUT2D eigenvalue weighted by Gasteiger charge is -2.20. The molecule has 3 rings (SSSR count). The summed E-state index contributed by atoms with van der Waals surface area (Å²) in [5.41, 5.74) is 1.47. The van der Waals surface area contributed by atoms with E-state index in [0.717, 1.165) is 24.6 Å². The fraction of sp³-hybridized carbons (Fsp3) is 0.227. The highest BCUT2D eigenvalue weighted by Crippen LogP contribution is 2.22. The number of carbonyl (C=O) groups excluding carboxylic acids is 1. The zero-order valence-electron chi connectivity index (χ0n) is 17.6. The first-order chi connectivity index (χ1) is 14.9. The van der Waals surface area contributed by atoms with E-state index < -0.39 is 10.8 Å². The number of aromatic nitrogens is 2. The fourth-order valence-electron chi connectivity index (χ4n) is 3.07. The third-order valence-electron chi connectivity index (χ3n) is 4.65. The van der Waals surface area contributed by atoms with Gasteiger partial charge in [-0.2, -0.15) is 0 Å². The first-order valence-corrected chi connectivity index (χ1v) is 9.93. The molecule has 0 fully saturated rings.